The van der Waals surface area contributed by atoms with Gasteiger partial charge in [-0.1, -0.05) is 13.8 Å². The number of amides is 1. The predicted octanol–water partition coefficient (Wildman–Crippen LogP) is 1.68. The van der Waals surface area contributed by atoms with Gasteiger partial charge in [0.2, 0.25) is 0 Å². The Balaban J connectivity index is 1.81. The van der Waals surface area contributed by atoms with Gasteiger partial charge < -0.3 is 9.80 Å². The summed E-state index contributed by atoms with van der Waals surface area (Å²) < 4.78 is 1.72. The molecule has 23 heavy (non-hydrogen) atoms. The SMILES string of the molecule is CC(C)[C@@H]1CN(C)CCN1C(=O)c1cnn(-c2ccncc2)c1. The van der Waals surface area contributed by atoms with Gasteiger partial charge in [0, 0.05) is 44.3 Å². The molecule has 6 heteroatoms. The molecule has 0 saturated carbocycles. The molecule has 2 aromatic heterocycles. The second kappa shape index (κ2) is 6.50. The maximum Gasteiger partial charge on any atom is 0.257 e. The van der Waals surface area contributed by atoms with Gasteiger partial charge in [0.25, 0.3) is 5.91 Å². The summed E-state index contributed by atoms with van der Waals surface area (Å²) >= 11 is 0. The number of carbonyl (C=O) groups is 1. The van der Waals surface area contributed by atoms with Gasteiger partial charge in [-0.25, -0.2) is 4.68 Å². The van der Waals surface area contributed by atoms with E-state index in [4.69, 9.17) is 0 Å². The van der Waals surface area contributed by atoms with Crippen molar-refractivity contribution in [2.75, 3.05) is 26.7 Å². The Kier molecular flexibility index (Phi) is 4.43. The topological polar surface area (TPSA) is 54.3 Å². The number of hydrogen-bond acceptors (Lipinski definition) is 4. The molecule has 0 spiro atoms. The van der Waals surface area contributed by atoms with Crippen LogP contribution < -0.4 is 0 Å². The van der Waals surface area contributed by atoms with E-state index in [0.29, 0.717) is 11.5 Å². The molecule has 1 amide bonds. The fourth-order valence-corrected chi connectivity index (χ4v) is 3.01. The zero-order valence-electron chi connectivity index (χ0n) is 13.9. The molecule has 1 atom stereocenters. The number of carbonyl (C=O) groups excluding carboxylic acids is 1. The summed E-state index contributed by atoms with van der Waals surface area (Å²) in [6.07, 6.45) is 6.88. The van der Waals surface area contributed by atoms with Crippen molar-refractivity contribution in [1.29, 1.82) is 0 Å². The number of pyridine rings is 1. The smallest absolute Gasteiger partial charge is 0.257 e. The molecule has 0 aliphatic carbocycles. The number of nitrogens with zero attached hydrogens (tertiary/aromatic N) is 5. The van der Waals surface area contributed by atoms with Crippen LogP contribution in [0.2, 0.25) is 0 Å². The van der Waals surface area contributed by atoms with Gasteiger partial charge in [-0.3, -0.25) is 9.78 Å². The fraction of sp³-hybridized carbons (Fsp3) is 0.471. The zero-order valence-corrected chi connectivity index (χ0v) is 13.9. The van der Waals surface area contributed by atoms with E-state index in [1.807, 2.05) is 17.0 Å². The lowest BCUT2D eigenvalue weighted by Gasteiger charge is -2.42. The van der Waals surface area contributed by atoms with Gasteiger partial charge in [-0.2, -0.15) is 5.10 Å². The molecule has 0 bridgehead atoms. The van der Waals surface area contributed by atoms with Gasteiger partial charge in [-0.05, 0) is 25.1 Å². The minimum atomic E-state index is 0.0668. The number of likely N-dealkylation sites (N-methyl/N-ethyl adjacent to an activating group) is 1. The highest BCUT2D eigenvalue weighted by Gasteiger charge is 2.32. The summed E-state index contributed by atoms with van der Waals surface area (Å²) in [6.45, 7) is 6.93. The van der Waals surface area contributed by atoms with Crippen molar-refractivity contribution >= 4 is 5.91 Å². The summed E-state index contributed by atoms with van der Waals surface area (Å²) in [5, 5.41) is 4.32. The van der Waals surface area contributed by atoms with E-state index in [9.17, 15) is 4.79 Å². The van der Waals surface area contributed by atoms with E-state index in [1.165, 1.54) is 0 Å². The van der Waals surface area contributed by atoms with Crippen molar-refractivity contribution in [3.63, 3.8) is 0 Å². The van der Waals surface area contributed by atoms with Crippen LogP contribution in [0.5, 0.6) is 0 Å². The van der Waals surface area contributed by atoms with Crippen LogP contribution in [0.15, 0.2) is 36.9 Å². The molecular formula is C17H23N5O. The first-order chi connectivity index (χ1) is 11.1. The Morgan fingerprint density at radius 1 is 1.26 bits per heavy atom. The third-order valence-corrected chi connectivity index (χ3v) is 4.41. The Hall–Kier alpha value is -2.21. The zero-order chi connectivity index (χ0) is 16.4. The second-order valence-electron chi connectivity index (χ2n) is 6.45. The summed E-state index contributed by atoms with van der Waals surface area (Å²) in [7, 11) is 2.11. The molecule has 0 radical (unpaired) electrons. The van der Waals surface area contributed by atoms with Crippen LogP contribution in [0.1, 0.15) is 24.2 Å². The monoisotopic (exact) mass is 313 g/mol. The van der Waals surface area contributed by atoms with Gasteiger partial charge in [0.1, 0.15) is 0 Å². The van der Waals surface area contributed by atoms with Crippen molar-refractivity contribution in [3.8, 4) is 5.69 Å². The average molecular weight is 313 g/mol. The van der Waals surface area contributed by atoms with Crippen LogP contribution in [0.3, 0.4) is 0 Å². The van der Waals surface area contributed by atoms with Crippen LogP contribution in [0.25, 0.3) is 5.69 Å². The quantitative estimate of drug-likeness (QED) is 0.865. The Bertz CT molecular complexity index is 667. The second-order valence-corrected chi connectivity index (χ2v) is 6.45. The summed E-state index contributed by atoms with van der Waals surface area (Å²) in [4.78, 5) is 21.2. The maximum absolute atomic E-state index is 12.9. The molecule has 1 aliphatic rings. The van der Waals surface area contributed by atoms with Gasteiger partial charge >= 0.3 is 0 Å². The first kappa shape index (κ1) is 15.7. The molecule has 6 nitrogen and oxygen atoms in total. The number of piperazine rings is 1. The fourth-order valence-electron chi connectivity index (χ4n) is 3.01. The van der Waals surface area contributed by atoms with E-state index in [0.717, 1.165) is 25.3 Å². The van der Waals surface area contributed by atoms with Crippen LogP contribution in [-0.2, 0) is 0 Å². The van der Waals surface area contributed by atoms with Crippen LogP contribution in [0.4, 0.5) is 0 Å². The third-order valence-electron chi connectivity index (χ3n) is 4.41. The maximum atomic E-state index is 12.9. The van der Waals surface area contributed by atoms with Crippen molar-refractivity contribution in [2.24, 2.45) is 5.92 Å². The highest BCUT2D eigenvalue weighted by molar-refractivity contribution is 5.94. The highest BCUT2D eigenvalue weighted by atomic mass is 16.2. The minimum absolute atomic E-state index is 0.0668. The first-order valence-electron chi connectivity index (χ1n) is 8.01. The number of hydrogen-bond donors (Lipinski definition) is 0. The lowest BCUT2D eigenvalue weighted by atomic mass is 9.99. The van der Waals surface area contributed by atoms with E-state index in [1.54, 1.807) is 29.5 Å². The van der Waals surface area contributed by atoms with E-state index in [2.05, 4.69) is 35.9 Å². The predicted molar refractivity (Wildman–Crippen MR) is 88.5 cm³/mol. The van der Waals surface area contributed by atoms with Gasteiger partial charge in [0.05, 0.1) is 17.4 Å². The van der Waals surface area contributed by atoms with Crippen molar-refractivity contribution in [1.82, 2.24) is 24.6 Å². The third kappa shape index (κ3) is 3.27. The molecule has 0 N–H and O–H groups in total. The van der Waals surface area contributed by atoms with Gasteiger partial charge in [-0.15, -0.1) is 0 Å². The normalized spacial score (nSPS) is 19.3. The van der Waals surface area contributed by atoms with Gasteiger partial charge in [0.15, 0.2) is 0 Å². The average Bonchev–Trinajstić information content (AvgIpc) is 3.05. The van der Waals surface area contributed by atoms with Crippen LogP contribution in [0, 0.1) is 5.92 Å². The molecule has 0 aromatic carbocycles. The summed E-state index contributed by atoms with van der Waals surface area (Å²) in [6, 6.07) is 3.98. The highest BCUT2D eigenvalue weighted by Crippen LogP contribution is 2.19. The first-order valence-corrected chi connectivity index (χ1v) is 8.01. The molecule has 1 fully saturated rings. The molecule has 1 aliphatic heterocycles. The largest absolute Gasteiger partial charge is 0.333 e. The summed E-state index contributed by atoms with van der Waals surface area (Å²) in [5.41, 5.74) is 1.54. The Morgan fingerprint density at radius 2 is 2.00 bits per heavy atom. The van der Waals surface area contributed by atoms with E-state index < -0.39 is 0 Å². The molecule has 3 rings (SSSR count). The molecule has 0 unspecified atom stereocenters. The lowest BCUT2D eigenvalue weighted by Crippen LogP contribution is -2.56. The lowest BCUT2D eigenvalue weighted by molar-refractivity contribution is 0.0402. The standard InChI is InChI=1S/C17H23N5O/c1-13(2)16-12-20(3)8-9-21(16)17(23)14-10-19-22(11-14)15-4-6-18-7-5-15/h4-7,10-11,13,16H,8-9,12H2,1-3H3/t16-/m0/s1. The Labute approximate surface area is 136 Å². The van der Waals surface area contributed by atoms with Crippen molar-refractivity contribution in [2.45, 2.75) is 19.9 Å². The molecule has 122 valence electrons. The number of rotatable bonds is 3. The molecule has 3 heterocycles. The minimum Gasteiger partial charge on any atom is -0.333 e. The van der Waals surface area contributed by atoms with Crippen LogP contribution >= 0.6 is 0 Å². The van der Waals surface area contributed by atoms with Crippen molar-refractivity contribution in [3.05, 3.63) is 42.5 Å². The van der Waals surface area contributed by atoms with Crippen LogP contribution in [-0.4, -0.2) is 63.2 Å². The summed E-state index contributed by atoms with van der Waals surface area (Å²) in [5.74, 6) is 0.494. The molecular weight excluding hydrogens is 290 g/mol. The number of aromatic nitrogens is 3. The van der Waals surface area contributed by atoms with E-state index >= 15 is 0 Å². The van der Waals surface area contributed by atoms with Crippen molar-refractivity contribution < 1.29 is 4.79 Å². The molecule has 2 aromatic rings. The Morgan fingerprint density at radius 3 is 2.70 bits per heavy atom. The van der Waals surface area contributed by atoms with E-state index in [-0.39, 0.29) is 11.9 Å². The molecule has 1 saturated heterocycles.